The Kier molecular flexibility index (Phi) is 5.36. The Morgan fingerprint density at radius 1 is 1.16 bits per heavy atom. The lowest BCUT2D eigenvalue weighted by Gasteiger charge is -2.19. The molecule has 106 valence electrons. The number of nitro benzene ring substituents is 1. The molecule has 0 fully saturated rings. The van der Waals surface area contributed by atoms with Crippen LogP contribution in [0.4, 0.5) is 5.69 Å². The highest BCUT2D eigenvalue weighted by atomic mass is 32.2. The first-order valence-electron chi connectivity index (χ1n) is 5.40. The van der Waals surface area contributed by atoms with Crippen molar-refractivity contribution in [3.8, 4) is 0 Å². The zero-order chi connectivity index (χ0) is 14.5. The van der Waals surface area contributed by atoms with E-state index < -0.39 is 38.7 Å². The molecular formula is C10H14N2O6S. The van der Waals surface area contributed by atoms with Crippen molar-refractivity contribution in [1.82, 2.24) is 4.31 Å². The van der Waals surface area contributed by atoms with E-state index in [9.17, 15) is 18.5 Å². The van der Waals surface area contributed by atoms with Gasteiger partial charge in [-0.2, -0.15) is 4.31 Å². The zero-order valence-electron chi connectivity index (χ0n) is 9.97. The van der Waals surface area contributed by atoms with Gasteiger partial charge in [-0.15, -0.1) is 0 Å². The van der Waals surface area contributed by atoms with Crippen molar-refractivity contribution in [3.05, 3.63) is 34.4 Å². The number of aliphatic hydroxyl groups is 2. The highest BCUT2D eigenvalue weighted by molar-refractivity contribution is 7.89. The van der Waals surface area contributed by atoms with E-state index in [2.05, 4.69) is 0 Å². The molecule has 0 aliphatic heterocycles. The molecule has 0 atom stereocenters. The summed E-state index contributed by atoms with van der Waals surface area (Å²) in [5, 5.41) is 28.5. The van der Waals surface area contributed by atoms with Crippen LogP contribution in [0.15, 0.2) is 29.2 Å². The van der Waals surface area contributed by atoms with Crippen LogP contribution in [-0.4, -0.2) is 54.2 Å². The third-order valence-corrected chi connectivity index (χ3v) is 4.32. The molecule has 0 saturated carbocycles. The lowest BCUT2D eigenvalue weighted by Crippen LogP contribution is -2.36. The maximum absolute atomic E-state index is 12.2. The first-order chi connectivity index (χ1) is 8.95. The second-order valence-corrected chi connectivity index (χ2v) is 5.48. The van der Waals surface area contributed by atoms with Gasteiger partial charge in [-0.1, -0.05) is 12.1 Å². The smallest absolute Gasteiger partial charge is 0.289 e. The van der Waals surface area contributed by atoms with Crippen LogP contribution in [0.5, 0.6) is 0 Å². The lowest BCUT2D eigenvalue weighted by atomic mass is 10.3. The van der Waals surface area contributed by atoms with Gasteiger partial charge in [0.25, 0.3) is 5.69 Å². The Labute approximate surface area is 110 Å². The average molecular weight is 290 g/mol. The lowest BCUT2D eigenvalue weighted by molar-refractivity contribution is -0.387. The van der Waals surface area contributed by atoms with Crippen molar-refractivity contribution in [2.24, 2.45) is 0 Å². The van der Waals surface area contributed by atoms with Gasteiger partial charge in [0.2, 0.25) is 10.0 Å². The monoisotopic (exact) mass is 290 g/mol. The zero-order valence-corrected chi connectivity index (χ0v) is 10.8. The van der Waals surface area contributed by atoms with Gasteiger partial charge in [-0.3, -0.25) is 10.1 Å². The van der Waals surface area contributed by atoms with Crippen LogP contribution in [0.3, 0.4) is 0 Å². The number of sulfonamides is 1. The maximum atomic E-state index is 12.2. The minimum atomic E-state index is -4.13. The fourth-order valence-corrected chi connectivity index (χ4v) is 3.12. The van der Waals surface area contributed by atoms with E-state index in [-0.39, 0.29) is 13.1 Å². The van der Waals surface area contributed by atoms with Gasteiger partial charge in [0, 0.05) is 19.2 Å². The fourth-order valence-electron chi connectivity index (χ4n) is 1.54. The molecule has 0 saturated heterocycles. The molecule has 0 unspecified atom stereocenters. The van der Waals surface area contributed by atoms with Crippen molar-refractivity contribution >= 4 is 15.7 Å². The van der Waals surface area contributed by atoms with E-state index in [1.807, 2.05) is 0 Å². The third kappa shape index (κ3) is 3.47. The number of para-hydroxylation sites is 1. The molecule has 9 heteroatoms. The predicted molar refractivity (Wildman–Crippen MR) is 66.0 cm³/mol. The number of aliphatic hydroxyl groups excluding tert-OH is 2. The largest absolute Gasteiger partial charge is 0.395 e. The van der Waals surface area contributed by atoms with Crippen LogP contribution in [0, 0.1) is 10.1 Å². The van der Waals surface area contributed by atoms with Crippen molar-refractivity contribution in [3.63, 3.8) is 0 Å². The highest BCUT2D eigenvalue weighted by Gasteiger charge is 2.30. The molecule has 1 aromatic rings. The Morgan fingerprint density at radius 2 is 1.68 bits per heavy atom. The van der Waals surface area contributed by atoms with E-state index in [1.54, 1.807) is 0 Å². The highest BCUT2D eigenvalue weighted by Crippen LogP contribution is 2.25. The van der Waals surface area contributed by atoms with Gasteiger partial charge >= 0.3 is 0 Å². The molecule has 0 heterocycles. The van der Waals surface area contributed by atoms with E-state index in [4.69, 9.17) is 10.2 Å². The third-order valence-electron chi connectivity index (χ3n) is 2.38. The number of nitrogens with zero attached hydrogens (tertiary/aromatic N) is 2. The molecule has 19 heavy (non-hydrogen) atoms. The summed E-state index contributed by atoms with van der Waals surface area (Å²) in [5.74, 6) is 0. The van der Waals surface area contributed by atoms with E-state index in [0.29, 0.717) is 0 Å². The van der Waals surface area contributed by atoms with E-state index in [1.165, 1.54) is 12.1 Å². The summed E-state index contributed by atoms with van der Waals surface area (Å²) in [6, 6.07) is 4.94. The number of nitro groups is 1. The second-order valence-electron chi connectivity index (χ2n) is 3.58. The fraction of sp³-hybridized carbons (Fsp3) is 0.400. The Bertz CT molecular complexity index is 539. The molecule has 0 bridgehead atoms. The molecule has 8 nitrogen and oxygen atoms in total. The SMILES string of the molecule is O=[N+]([O-])c1ccccc1S(=O)(=O)N(CCO)CCO. The molecule has 0 aliphatic rings. The number of rotatable bonds is 7. The minimum Gasteiger partial charge on any atom is -0.395 e. The first-order valence-corrected chi connectivity index (χ1v) is 6.84. The van der Waals surface area contributed by atoms with Crippen LogP contribution in [0.2, 0.25) is 0 Å². The summed E-state index contributed by atoms with van der Waals surface area (Å²) in [6.07, 6.45) is 0. The van der Waals surface area contributed by atoms with E-state index in [0.717, 1.165) is 16.4 Å². The van der Waals surface area contributed by atoms with Crippen molar-refractivity contribution in [2.75, 3.05) is 26.3 Å². The summed E-state index contributed by atoms with van der Waals surface area (Å²) in [5.41, 5.74) is -0.539. The molecule has 1 aromatic carbocycles. The standard InChI is InChI=1S/C10H14N2O6S/c13-7-5-11(6-8-14)19(17,18)10-4-2-1-3-9(10)12(15)16/h1-4,13-14H,5-8H2. The number of hydrogen-bond donors (Lipinski definition) is 2. The van der Waals surface area contributed by atoms with Gasteiger partial charge in [-0.25, -0.2) is 8.42 Å². The Morgan fingerprint density at radius 3 is 2.16 bits per heavy atom. The molecular weight excluding hydrogens is 276 g/mol. The summed E-state index contributed by atoms with van der Waals surface area (Å²) >= 11 is 0. The molecule has 0 amide bonds. The van der Waals surface area contributed by atoms with Gasteiger partial charge in [-0.05, 0) is 6.07 Å². The topological polar surface area (TPSA) is 121 Å². The normalized spacial score (nSPS) is 11.7. The molecule has 0 radical (unpaired) electrons. The van der Waals surface area contributed by atoms with Crippen molar-refractivity contribution < 1.29 is 23.6 Å². The Balaban J connectivity index is 3.29. The summed E-state index contributed by atoms with van der Waals surface area (Å²) in [6.45, 7) is -1.37. The van der Waals surface area contributed by atoms with Crippen LogP contribution in [0.25, 0.3) is 0 Å². The quantitative estimate of drug-likeness (QED) is 0.519. The average Bonchev–Trinajstić information content (AvgIpc) is 2.38. The molecule has 0 aromatic heterocycles. The van der Waals surface area contributed by atoms with Crippen molar-refractivity contribution in [2.45, 2.75) is 4.90 Å². The van der Waals surface area contributed by atoms with Gasteiger partial charge in [0.1, 0.15) is 0 Å². The molecule has 2 N–H and O–H groups in total. The van der Waals surface area contributed by atoms with Crippen LogP contribution in [-0.2, 0) is 10.0 Å². The van der Waals surface area contributed by atoms with Gasteiger partial charge in [0.15, 0.2) is 4.90 Å². The summed E-state index contributed by atoms with van der Waals surface area (Å²) in [4.78, 5) is 9.59. The number of hydrogen-bond acceptors (Lipinski definition) is 6. The summed E-state index contributed by atoms with van der Waals surface area (Å²) < 4.78 is 25.3. The van der Waals surface area contributed by atoms with Crippen molar-refractivity contribution in [1.29, 1.82) is 0 Å². The Hall–Kier alpha value is -1.55. The van der Waals surface area contributed by atoms with Crippen LogP contribution in [0.1, 0.15) is 0 Å². The van der Waals surface area contributed by atoms with Crippen LogP contribution >= 0.6 is 0 Å². The molecule has 0 aliphatic carbocycles. The van der Waals surface area contributed by atoms with Crippen LogP contribution < -0.4 is 0 Å². The molecule has 0 spiro atoms. The predicted octanol–water partition coefficient (Wildman–Crippen LogP) is -0.430. The minimum absolute atomic E-state index is 0.241. The van der Waals surface area contributed by atoms with E-state index >= 15 is 0 Å². The van der Waals surface area contributed by atoms with Gasteiger partial charge < -0.3 is 10.2 Å². The molecule has 1 rings (SSSR count). The first kappa shape index (κ1) is 15.5. The van der Waals surface area contributed by atoms with Gasteiger partial charge in [0.05, 0.1) is 18.1 Å². The number of benzene rings is 1. The second kappa shape index (κ2) is 6.57. The summed E-state index contributed by atoms with van der Waals surface area (Å²) in [7, 11) is -4.13. The maximum Gasteiger partial charge on any atom is 0.289 e.